The number of carbonyl (C=O) groups excluding carboxylic acids is 2. The molecule has 28 heavy (non-hydrogen) atoms. The van der Waals surface area contributed by atoms with Crippen LogP contribution in [-0.2, 0) is 17.9 Å². The van der Waals surface area contributed by atoms with E-state index >= 15 is 0 Å². The minimum absolute atomic E-state index is 0.179. The smallest absolute Gasteiger partial charge is 0.254 e. The first-order valence-corrected chi connectivity index (χ1v) is 9.65. The zero-order chi connectivity index (χ0) is 19.5. The van der Waals surface area contributed by atoms with Crippen LogP contribution in [0.25, 0.3) is 0 Å². The van der Waals surface area contributed by atoms with Crippen LogP contribution in [0, 0.1) is 11.3 Å². The van der Waals surface area contributed by atoms with Gasteiger partial charge in [0.15, 0.2) is 0 Å². The number of nitrogens with one attached hydrogen (secondary N) is 1. The van der Waals surface area contributed by atoms with Gasteiger partial charge in [0.2, 0.25) is 5.91 Å². The largest absolute Gasteiger partial charge is 0.349 e. The van der Waals surface area contributed by atoms with Gasteiger partial charge in [-0.2, -0.15) is 10.4 Å². The van der Waals surface area contributed by atoms with E-state index in [1.54, 1.807) is 51.4 Å². The van der Waals surface area contributed by atoms with Crippen LogP contribution in [0.4, 0.5) is 0 Å². The molecule has 1 N–H and O–H groups in total. The van der Waals surface area contributed by atoms with Gasteiger partial charge in [-0.25, -0.2) is 0 Å². The Morgan fingerprint density at radius 3 is 2.96 bits per heavy atom. The average molecular weight is 391 g/mol. The fourth-order valence-corrected chi connectivity index (χ4v) is 3.90. The summed E-state index contributed by atoms with van der Waals surface area (Å²) in [5.74, 6) is -0.387. The lowest BCUT2D eigenvalue weighted by molar-refractivity contribution is -0.125. The second-order valence-electron chi connectivity index (χ2n) is 6.46. The lowest BCUT2D eigenvalue weighted by atomic mass is 10.1. The molecule has 0 saturated heterocycles. The quantitative estimate of drug-likeness (QED) is 0.739. The standard InChI is InChI=1S/C20H17N5O2S/c21-10-14-3-1-4-15(9-14)20(27)24-12-16-6-7-23-25(16)18(13-24)19(26)22-11-17-5-2-8-28-17/h1-9,18H,11-13H2,(H,22,26)/t18-/m0/s1. The van der Waals surface area contributed by atoms with Crippen LogP contribution in [0.5, 0.6) is 0 Å². The molecule has 140 valence electrons. The van der Waals surface area contributed by atoms with Crippen LogP contribution >= 0.6 is 11.3 Å². The maximum absolute atomic E-state index is 13.0. The number of rotatable bonds is 4. The zero-order valence-electron chi connectivity index (χ0n) is 14.9. The van der Waals surface area contributed by atoms with Gasteiger partial charge in [-0.1, -0.05) is 12.1 Å². The Kier molecular flexibility index (Phi) is 4.91. The number of aromatic nitrogens is 2. The molecule has 1 aliphatic rings. The fourth-order valence-electron chi connectivity index (χ4n) is 3.25. The molecule has 1 aliphatic heterocycles. The van der Waals surface area contributed by atoms with Gasteiger partial charge in [0.1, 0.15) is 6.04 Å². The zero-order valence-corrected chi connectivity index (χ0v) is 15.7. The molecule has 4 rings (SSSR count). The third-order valence-corrected chi connectivity index (χ3v) is 5.52. The highest BCUT2D eigenvalue weighted by molar-refractivity contribution is 7.09. The fraction of sp³-hybridized carbons (Fsp3) is 0.200. The van der Waals surface area contributed by atoms with Crippen molar-refractivity contribution in [3.8, 4) is 6.07 Å². The van der Waals surface area contributed by atoms with Crippen molar-refractivity contribution in [2.75, 3.05) is 6.54 Å². The number of benzene rings is 1. The topological polar surface area (TPSA) is 91.0 Å². The van der Waals surface area contributed by atoms with E-state index in [1.165, 1.54) is 0 Å². The molecule has 8 heteroatoms. The Balaban J connectivity index is 1.54. The third kappa shape index (κ3) is 3.52. The number of nitriles is 1. The Hall–Kier alpha value is -3.44. The van der Waals surface area contributed by atoms with E-state index in [4.69, 9.17) is 5.26 Å². The minimum Gasteiger partial charge on any atom is -0.349 e. The number of amides is 2. The van der Waals surface area contributed by atoms with E-state index in [-0.39, 0.29) is 18.4 Å². The molecule has 0 spiro atoms. The summed E-state index contributed by atoms with van der Waals surface area (Å²) < 4.78 is 1.68. The third-order valence-electron chi connectivity index (χ3n) is 4.64. The highest BCUT2D eigenvalue weighted by Gasteiger charge is 2.33. The van der Waals surface area contributed by atoms with E-state index in [0.29, 0.717) is 24.2 Å². The molecule has 3 aromatic rings. The summed E-state index contributed by atoms with van der Waals surface area (Å²) in [4.78, 5) is 28.5. The van der Waals surface area contributed by atoms with Gasteiger partial charge >= 0.3 is 0 Å². The summed E-state index contributed by atoms with van der Waals surface area (Å²) in [7, 11) is 0. The van der Waals surface area contributed by atoms with Crippen molar-refractivity contribution >= 4 is 23.2 Å². The Bertz CT molecular complexity index is 1050. The lowest BCUT2D eigenvalue weighted by Gasteiger charge is -2.33. The Morgan fingerprint density at radius 2 is 2.18 bits per heavy atom. The van der Waals surface area contributed by atoms with Crippen molar-refractivity contribution in [1.82, 2.24) is 20.0 Å². The molecular weight excluding hydrogens is 374 g/mol. The molecule has 3 heterocycles. The molecule has 1 atom stereocenters. The van der Waals surface area contributed by atoms with E-state index in [0.717, 1.165) is 10.6 Å². The molecule has 0 unspecified atom stereocenters. The summed E-state index contributed by atoms with van der Waals surface area (Å²) in [6, 6.07) is 13.8. The van der Waals surface area contributed by atoms with Gasteiger partial charge < -0.3 is 10.2 Å². The number of hydrogen-bond donors (Lipinski definition) is 1. The van der Waals surface area contributed by atoms with Crippen LogP contribution in [0.15, 0.2) is 54.0 Å². The molecular formula is C20H17N5O2S. The van der Waals surface area contributed by atoms with Crippen molar-refractivity contribution in [2.24, 2.45) is 0 Å². The summed E-state index contributed by atoms with van der Waals surface area (Å²) in [5.41, 5.74) is 1.66. The predicted octanol–water partition coefficient (Wildman–Crippen LogP) is 2.33. The number of hydrogen-bond acceptors (Lipinski definition) is 5. The van der Waals surface area contributed by atoms with Crippen LogP contribution in [0.2, 0.25) is 0 Å². The minimum atomic E-state index is -0.596. The van der Waals surface area contributed by atoms with Crippen molar-refractivity contribution in [3.63, 3.8) is 0 Å². The first-order valence-electron chi connectivity index (χ1n) is 8.77. The first-order chi connectivity index (χ1) is 13.7. The molecule has 2 aromatic heterocycles. The van der Waals surface area contributed by atoms with E-state index < -0.39 is 6.04 Å². The first kappa shape index (κ1) is 17.9. The van der Waals surface area contributed by atoms with Crippen molar-refractivity contribution < 1.29 is 9.59 Å². The molecule has 0 radical (unpaired) electrons. The van der Waals surface area contributed by atoms with Crippen LogP contribution in [0.3, 0.4) is 0 Å². The van der Waals surface area contributed by atoms with Gasteiger partial charge in [-0.3, -0.25) is 14.3 Å². The van der Waals surface area contributed by atoms with Gasteiger partial charge in [0.05, 0.1) is 37.0 Å². The van der Waals surface area contributed by atoms with Crippen LogP contribution in [-0.4, -0.2) is 33.0 Å². The predicted molar refractivity (Wildman–Crippen MR) is 103 cm³/mol. The Morgan fingerprint density at radius 1 is 1.29 bits per heavy atom. The Labute approximate surface area is 165 Å². The van der Waals surface area contributed by atoms with Crippen molar-refractivity contribution in [2.45, 2.75) is 19.1 Å². The van der Waals surface area contributed by atoms with E-state index in [9.17, 15) is 9.59 Å². The summed E-state index contributed by atoms with van der Waals surface area (Å²) >= 11 is 1.58. The number of fused-ring (bicyclic) bond motifs is 1. The molecule has 0 saturated carbocycles. The number of carbonyl (C=O) groups is 2. The molecule has 0 aliphatic carbocycles. The van der Waals surface area contributed by atoms with Gasteiger partial charge in [-0.15, -0.1) is 11.3 Å². The van der Waals surface area contributed by atoms with Crippen LogP contribution in [0.1, 0.15) is 32.5 Å². The molecule has 7 nitrogen and oxygen atoms in total. The molecule has 1 aromatic carbocycles. The maximum Gasteiger partial charge on any atom is 0.254 e. The van der Waals surface area contributed by atoms with Crippen molar-refractivity contribution in [1.29, 1.82) is 5.26 Å². The van der Waals surface area contributed by atoms with E-state index in [1.807, 2.05) is 29.6 Å². The molecule has 2 amide bonds. The maximum atomic E-state index is 13.0. The number of thiophene rings is 1. The van der Waals surface area contributed by atoms with Gasteiger partial charge in [0.25, 0.3) is 5.91 Å². The molecule has 0 bridgehead atoms. The summed E-state index contributed by atoms with van der Waals surface area (Å²) in [6.07, 6.45) is 1.64. The highest BCUT2D eigenvalue weighted by Crippen LogP contribution is 2.23. The van der Waals surface area contributed by atoms with Crippen LogP contribution < -0.4 is 5.32 Å². The summed E-state index contributed by atoms with van der Waals surface area (Å²) in [5, 5.41) is 18.2. The average Bonchev–Trinajstić information content (AvgIpc) is 3.42. The normalized spacial score (nSPS) is 15.5. The van der Waals surface area contributed by atoms with Crippen molar-refractivity contribution in [3.05, 3.63) is 75.7 Å². The second-order valence-corrected chi connectivity index (χ2v) is 7.49. The SMILES string of the molecule is N#Cc1cccc(C(=O)N2Cc3ccnn3[C@H](C(=O)NCc3cccs3)C2)c1. The number of nitrogens with zero attached hydrogens (tertiary/aromatic N) is 4. The second kappa shape index (κ2) is 7.66. The van der Waals surface area contributed by atoms with Gasteiger partial charge in [-0.05, 0) is 35.7 Å². The summed E-state index contributed by atoms with van der Waals surface area (Å²) in [6.45, 7) is 1.03. The molecule has 0 fully saturated rings. The highest BCUT2D eigenvalue weighted by atomic mass is 32.1. The monoisotopic (exact) mass is 391 g/mol. The van der Waals surface area contributed by atoms with E-state index in [2.05, 4.69) is 10.4 Å². The lowest BCUT2D eigenvalue weighted by Crippen LogP contribution is -2.47. The van der Waals surface area contributed by atoms with Gasteiger partial charge in [0, 0.05) is 16.6 Å².